The van der Waals surface area contributed by atoms with E-state index in [1.54, 1.807) is 35.6 Å². The fourth-order valence-electron chi connectivity index (χ4n) is 1.66. The third-order valence-electron chi connectivity index (χ3n) is 2.76. The summed E-state index contributed by atoms with van der Waals surface area (Å²) >= 11 is 1.69. The zero-order chi connectivity index (χ0) is 13.7. The van der Waals surface area contributed by atoms with Crippen LogP contribution in [-0.4, -0.2) is 22.0 Å². The molecule has 0 spiro atoms. The molecule has 6 heteroatoms. The van der Waals surface area contributed by atoms with Gasteiger partial charge in [0.25, 0.3) is 0 Å². The number of hydrogen-bond donors (Lipinski definition) is 2. The summed E-state index contributed by atoms with van der Waals surface area (Å²) in [6, 6.07) is 8.85. The molecule has 2 aromatic rings. The van der Waals surface area contributed by atoms with Crippen molar-refractivity contribution in [3.05, 3.63) is 46.7 Å². The van der Waals surface area contributed by atoms with Crippen molar-refractivity contribution in [3.8, 4) is 0 Å². The summed E-state index contributed by atoms with van der Waals surface area (Å²) in [7, 11) is -1.94. The molecular formula is C13H16N2O2S2. The second kappa shape index (κ2) is 6.18. The molecule has 4 nitrogen and oxygen atoms in total. The fourth-order valence-corrected chi connectivity index (χ4v) is 3.09. The van der Waals surface area contributed by atoms with Crippen LogP contribution in [0, 0.1) is 0 Å². The predicted molar refractivity (Wildman–Crippen MR) is 79.2 cm³/mol. The number of rotatable bonds is 6. The van der Waals surface area contributed by atoms with Gasteiger partial charge in [-0.25, -0.2) is 13.1 Å². The van der Waals surface area contributed by atoms with Crippen LogP contribution in [0.5, 0.6) is 0 Å². The van der Waals surface area contributed by atoms with Crippen LogP contribution in [-0.2, 0) is 16.4 Å². The number of hydrogen-bond acceptors (Lipinski definition) is 4. The summed E-state index contributed by atoms with van der Waals surface area (Å²) in [6.07, 6.45) is 0.958. The minimum absolute atomic E-state index is 0.276. The van der Waals surface area contributed by atoms with Gasteiger partial charge in [0.05, 0.1) is 4.90 Å². The molecule has 0 aliphatic carbocycles. The van der Waals surface area contributed by atoms with Gasteiger partial charge in [0.1, 0.15) is 0 Å². The Kier molecular flexibility index (Phi) is 4.57. The first-order valence-electron chi connectivity index (χ1n) is 5.90. The number of nitrogens with one attached hydrogen (secondary N) is 2. The molecule has 102 valence electrons. The summed E-state index contributed by atoms with van der Waals surface area (Å²) in [5.74, 6) is 0. The van der Waals surface area contributed by atoms with E-state index in [0.29, 0.717) is 0 Å². The lowest BCUT2D eigenvalue weighted by molar-refractivity contribution is 0.588. The lowest BCUT2D eigenvalue weighted by Crippen LogP contribution is -2.18. The van der Waals surface area contributed by atoms with Gasteiger partial charge in [-0.15, -0.1) is 0 Å². The van der Waals surface area contributed by atoms with E-state index >= 15 is 0 Å². The third kappa shape index (κ3) is 3.79. The maximum absolute atomic E-state index is 11.6. The van der Waals surface area contributed by atoms with Crippen LogP contribution in [0.15, 0.2) is 46.0 Å². The van der Waals surface area contributed by atoms with Crippen LogP contribution in [0.4, 0.5) is 5.69 Å². The Morgan fingerprint density at radius 1 is 1.16 bits per heavy atom. The van der Waals surface area contributed by atoms with Crippen LogP contribution in [0.1, 0.15) is 5.56 Å². The number of thiophene rings is 1. The molecule has 2 N–H and O–H groups in total. The van der Waals surface area contributed by atoms with Crippen LogP contribution in [0.2, 0.25) is 0 Å². The van der Waals surface area contributed by atoms with Gasteiger partial charge in [-0.05, 0) is 60.1 Å². The molecule has 0 aliphatic rings. The number of benzene rings is 1. The second-order valence-electron chi connectivity index (χ2n) is 4.04. The lowest BCUT2D eigenvalue weighted by atomic mass is 10.2. The molecule has 2 rings (SSSR count). The first-order chi connectivity index (χ1) is 9.12. The van der Waals surface area contributed by atoms with Crippen molar-refractivity contribution < 1.29 is 8.42 Å². The maximum atomic E-state index is 11.6. The molecule has 0 bridgehead atoms. The lowest BCUT2D eigenvalue weighted by Gasteiger charge is -2.07. The summed E-state index contributed by atoms with van der Waals surface area (Å²) in [4.78, 5) is 0.276. The van der Waals surface area contributed by atoms with Crippen molar-refractivity contribution in [2.75, 3.05) is 18.9 Å². The SMILES string of the molecule is CNS(=O)(=O)c1ccc(NCCc2ccsc2)cc1. The van der Waals surface area contributed by atoms with E-state index in [0.717, 1.165) is 18.7 Å². The van der Waals surface area contributed by atoms with Gasteiger partial charge in [-0.3, -0.25) is 0 Å². The highest BCUT2D eigenvalue weighted by atomic mass is 32.2. The van der Waals surface area contributed by atoms with E-state index in [1.807, 2.05) is 0 Å². The molecule has 0 saturated carbocycles. The van der Waals surface area contributed by atoms with Crippen molar-refractivity contribution in [2.45, 2.75) is 11.3 Å². The summed E-state index contributed by atoms with van der Waals surface area (Å²) in [5.41, 5.74) is 2.23. The molecular weight excluding hydrogens is 280 g/mol. The molecule has 0 aliphatic heterocycles. The molecule has 0 atom stereocenters. The highest BCUT2D eigenvalue weighted by Gasteiger charge is 2.09. The normalized spacial score (nSPS) is 11.4. The summed E-state index contributed by atoms with van der Waals surface area (Å²) < 4.78 is 25.4. The average Bonchev–Trinajstić information content (AvgIpc) is 2.92. The number of anilines is 1. The van der Waals surface area contributed by atoms with Crippen LogP contribution < -0.4 is 10.0 Å². The highest BCUT2D eigenvalue weighted by Crippen LogP contribution is 2.14. The third-order valence-corrected chi connectivity index (χ3v) is 4.92. The van der Waals surface area contributed by atoms with Gasteiger partial charge < -0.3 is 5.32 Å². The highest BCUT2D eigenvalue weighted by molar-refractivity contribution is 7.89. The molecule has 0 amide bonds. The molecule has 19 heavy (non-hydrogen) atoms. The Morgan fingerprint density at radius 2 is 1.89 bits per heavy atom. The van der Waals surface area contributed by atoms with Crippen molar-refractivity contribution >= 4 is 27.0 Å². The maximum Gasteiger partial charge on any atom is 0.240 e. The van der Waals surface area contributed by atoms with Crippen molar-refractivity contribution in [1.82, 2.24) is 4.72 Å². The first kappa shape index (κ1) is 14.0. The minimum Gasteiger partial charge on any atom is -0.385 e. The van der Waals surface area contributed by atoms with Crippen LogP contribution >= 0.6 is 11.3 Å². The first-order valence-corrected chi connectivity index (χ1v) is 8.33. The average molecular weight is 296 g/mol. The zero-order valence-electron chi connectivity index (χ0n) is 10.6. The summed E-state index contributed by atoms with van der Waals surface area (Å²) in [5, 5.41) is 7.46. The zero-order valence-corrected chi connectivity index (χ0v) is 12.2. The van der Waals surface area contributed by atoms with E-state index in [1.165, 1.54) is 12.6 Å². The Balaban J connectivity index is 1.92. The Morgan fingerprint density at radius 3 is 2.47 bits per heavy atom. The minimum atomic E-state index is -3.35. The smallest absolute Gasteiger partial charge is 0.240 e. The topological polar surface area (TPSA) is 58.2 Å². The van der Waals surface area contributed by atoms with E-state index in [-0.39, 0.29) is 4.90 Å². The van der Waals surface area contributed by atoms with E-state index < -0.39 is 10.0 Å². The fraction of sp³-hybridized carbons (Fsp3) is 0.231. The predicted octanol–water partition coefficient (Wildman–Crippen LogP) is 2.31. The van der Waals surface area contributed by atoms with Gasteiger partial charge in [0.15, 0.2) is 0 Å². The van der Waals surface area contributed by atoms with Crippen LogP contribution in [0.3, 0.4) is 0 Å². The van der Waals surface area contributed by atoms with Crippen molar-refractivity contribution in [1.29, 1.82) is 0 Å². The van der Waals surface area contributed by atoms with Gasteiger partial charge in [-0.1, -0.05) is 0 Å². The molecule has 1 aromatic carbocycles. The molecule has 0 radical (unpaired) electrons. The van der Waals surface area contributed by atoms with E-state index in [4.69, 9.17) is 0 Å². The Hall–Kier alpha value is -1.37. The van der Waals surface area contributed by atoms with Crippen molar-refractivity contribution in [3.63, 3.8) is 0 Å². The van der Waals surface area contributed by atoms with E-state index in [2.05, 4.69) is 26.9 Å². The molecule has 0 fully saturated rings. The van der Waals surface area contributed by atoms with Gasteiger partial charge in [0, 0.05) is 12.2 Å². The van der Waals surface area contributed by atoms with E-state index in [9.17, 15) is 8.42 Å². The Labute approximate surface area is 117 Å². The monoisotopic (exact) mass is 296 g/mol. The van der Waals surface area contributed by atoms with Crippen LogP contribution in [0.25, 0.3) is 0 Å². The standard InChI is InChI=1S/C13H16N2O2S2/c1-14-19(16,17)13-4-2-12(3-5-13)15-8-6-11-7-9-18-10-11/h2-5,7,9-10,14-15H,6,8H2,1H3. The molecule has 0 saturated heterocycles. The van der Waals surface area contributed by atoms with Gasteiger partial charge in [-0.2, -0.15) is 11.3 Å². The number of sulfonamides is 1. The Bertz CT molecular complexity index is 605. The quantitative estimate of drug-likeness (QED) is 0.860. The largest absolute Gasteiger partial charge is 0.385 e. The van der Waals surface area contributed by atoms with Crippen molar-refractivity contribution in [2.24, 2.45) is 0 Å². The van der Waals surface area contributed by atoms with Gasteiger partial charge in [0.2, 0.25) is 10.0 Å². The summed E-state index contributed by atoms with van der Waals surface area (Å²) in [6.45, 7) is 0.828. The molecule has 0 unspecified atom stereocenters. The molecule has 1 aromatic heterocycles. The molecule has 1 heterocycles. The second-order valence-corrected chi connectivity index (χ2v) is 6.71. The van der Waals surface area contributed by atoms with Gasteiger partial charge >= 0.3 is 0 Å².